The van der Waals surface area contributed by atoms with Crippen LogP contribution in [0, 0.1) is 12.3 Å². The Bertz CT molecular complexity index is 735. The number of ether oxygens (including phenoxy) is 1. The smallest absolute Gasteiger partial charge is 0.229 e. The minimum Gasteiger partial charge on any atom is -0.479 e. The largest absolute Gasteiger partial charge is 0.479 e. The first-order valence-electron chi connectivity index (χ1n) is 6.24. The first-order valence-corrected chi connectivity index (χ1v) is 6.62. The number of amides is 1. The minimum absolute atomic E-state index is 0.107. The van der Waals surface area contributed by atoms with Crippen LogP contribution in [-0.2, 0) is 4.79 Å². The van der Waals surface area contributed by atoms with Gasteiger partial charge in [0.1, 0.15) is 18.7 Å². The van der Waals surface area contributed by atoms with E-state index in [0.717, 1.165) is 5.56 Å². The summed E-state index contributed by atoms with van der Waals surface area (Å²) in [5.41, 5.74) is 0.856. The zero-order valence-corrected chi connectivity index (χ0v) is 11.7. The molecule has 7 heteroatoms. The summed E-state index contributed by atoms with van der Waals surface area (Å²) < 4.78 is 6.98. The molecular weight excluding hydrogens is 292 g/mol. The van der Waals surface area contributed by atoms with Gasteiger partial charge in [0.25, 0.3) is 0 Å². The van der Waals surface area contributed by atoms with Gasteiger partial charge in [0.15, 0.2) is 0 Å². The monoisotopic (exact) mass is 302 g/mol. The van der Waals surface area contributed by atoms with Gasteiger partial charge in [-0.15, -0.1) is 6.42 Å². The molecule has 1 aromatic heterocycles. The Kier molecular flexibility index (Phi) is 3.50. The second-order valence-corrected chi connectivity index (χ2v) is 4.89. The molecule has 21 heavy (non-hydrogen) atoms. The molecule has 1 atom stereocenters. The Morgan fingerprint density at radius 1 is 1.57 bits per heavy atom. The fourth-order valence-electron chi connectivity index (χ4n) is 2.23. The molecule has 0 saturated carbocycles. The average Bonchev–Trinajstić information content (AvgIpc) is 2.93. The first kappa shape index (κ1) is 13.5. The molecule has 0 radical (unpaired) electrons. The van der Waals surface area contributed by atoms with Crippen LogP contribution in [0.4, 0.5) is 5.95 Å². The SMILES string of the molecule is C#CCOc1ccc(C2CC(=O)Nc3ncnn32)cc1Cl. The lowest BCUT2D eigenvalue weighted by molar-refractivity contribution is -0.117. The van der Waals surface area contributed by atoms with Gasteiger partial charge >= 0.3 is 0 Å². The van der Waals surface area contributed by atoms with Crippen molar-refractivity contribution < 1.29 is 9.53 Å². The van der Waals surface area contributed by atoms with E-state index < -0.39 is 0 Å². The Labute approximate surface area is 126 Å². The summed E-state index contributed by atoms with van der Waals surface area (Å²) in [5.74, 6) is 3.22. The Morgan fingerprint density at radius 2 is 2.43 bits per heavy atom. The molecule has 0 saturated heterocycles. The van der Waals surface area contributed by atoms with Crippen LogP contribution in [0.1, 0.15) is 18.0 Å². The number of halogens is 1. The number of hydrogen-bond acceptors (Lipinski definition) is 4. The zero-order valence-electron chi connectivity index (χ0n) is 10.9. The molecule has 2 aromatic rings. The summed E-state index contributed by atoms with van der Waals surface area (Å²) in [6.45, 7) is 0.151. The quantitative estimate of drug-likeness (QED) is 0.879. The highest BCUT2D eigenvalue weighted by Gasteiger charge is 2.28. The number of nitrogens with one attached hydrogen (secondary N) is 1. The Balaban J connectivity index is 1.93. The van der Waals surface area contributed by atoms with Gasteiger partial charge in [-0.05, 0) is 17.7 Å². The lowest BCUT2D eigenvalue weighted by Crippen LogP contribution is -2.29. The maximum absolute atomic E-state index is 11.7. The van der Waals surface area contributed by atoms with Crippen LogP contribution in [0.15, 0.2) is 24.5 Å². The zero-order chi connectivity index (χ0) is 14.8. The Morgan fingerprint density at radius 3 is 3.19 bits per heavy atom. The number of fused-ring (bicyclic) bond motifs is 1. The second-order valence-electron chi connectivity index (χ2n) is 4.48. The highest BCUT2D eigenvalue weighted by Crippen LogP contribution is 2.33. The molecule has 1 aliphatic heterocycles. The third-order valence-corrected chi connectivity index (χ3v) is 3.45. The van der Waals surface area contributed by atoms with Crippen LogP contribution in [0.5, 0.6) is 5.75 Å². The summed E-state index contributed by atoms with van der Waals surface area (Å²) in [5, 5.41) is 7.24. The minimum atomic E-state index is -0.240. The van der Waals surface area contributed by atoms with Crippen molar-refractivity contribution >= 4 is 23.5 Å². The van der Waals surface area contributed by atoms with Crippen LogP contribution >= 0.6 is 11.6 Å². The van der Waals surface area contributed by atoms with Gasteiger partial charge in [0, 0.05) is 0 Å². The third kappa shape index (κ3) is 2.56. The van der Waals surface area contributed by atoms with Crippen molar-refractivity contribution in [3.05, 3.63) is 35.1 Å². The van der Waals surface area contributed by atoms with E-state index >= 15 is 0 Å². The second kappa shape index (κ2) is 5.46. The highest BCUT2D eigenvalue weighted by molar-refractivity contribution is 6.32. The summed E-state index contributed by atoms with van der Waals surface area (Å²) >= 11 is 6.18. The third-order valence-electron chi connectivity index (χ3n) is 3.15. The van der Waals surface area contributed by atoms with Crippen LogP contribution in [0.2, 0.25) is 5.02 Å². The van der Waals surface area contributed by atoms with E-state index in [1.165, 1.54) is 6.33 Å². The highest BCUT2D eigenvalue weighted by atomic mass is 35.5. The van der Waals surface area contributed by atoms with Gasteiger partial charge < -0.3 is 4.74 Å². The van der Waals surface area contributed by atoms with E-state index in [-0.39, 0.29) is 25.0 Å². The van der Waals surface area contributed by atoms with E-state index in [2.05, 4.69) is 21.3 Å². The van der Waals surface area contributed by atoms with Crippen LogP contribution in [-0.4, -0.2) is 27.3 Å². The molecule has 0 aliphatic carbocycles. The van der Waals surface area contributed by atoms with Crippen LogP contribution in [0.25, 0.3) is 0 Å². The van der Waals surface area contributed by atoms with Gasteiger partial charge in [0.05, 0.1) is 17.5 Å². The number of anilines is 1. The summed E-state index contributed by atoms with van der Waals surface area (Å²) in [6, 6.07) is 5.09. The number of hydrogen-bond donors (Lipinski definition) is 1. The normalized spacial score (nSPS) is 16.8. The topological polar surface area (TPSA) is 69.0 Å². The molecule has 1 amide bonds. The number of rotatable bonds is 3. The molecule has 0 bridgehead atoms. The molecule has 1 N–H and O–H groups in total. The maximum atomic E-state index is 11.7. The lowest BCUT2D eigenvalue weighted by atomic mass is 10.0. The molecule has 0 fully saturated rings. The van der Waals surface area contributed by atoms with E-state index in [1.54, 1.807) is 16.8 Å². The van der Waals surface area contributed by atoms with Crippen molar-refractivity contribution in [1.82, 2.24) is 14.8 Å². The van der Waals surface area contributed by atoms with Crippen molar-refractivity contribution in [2.75, 3.05) is 11.9 Å². The van der Waals surface area contributed by atoms with Crippen molar-refractivity contribution in [1.29, 1.82) is 0 Å². The molecule has 6 nitrogen and oxygen atoms in total. The number of benzene rings is 1. The predicted molar refractivity (Wildman–Crippen MR) is 77.2 cm³/mol. The van der Waals surface area contributed by atoms with Gasteiger partial charge in [-0.25, -0.2) is 4.68 Å². The van der Waals surface area contributed by atoms with Gasteiger partial charge in [0.2, 0.25) is 11.9 Å². The molecule has 3 rings (SSSR count). The van der Waals surface area contributed by atoms with Crippen LogP contribution in [0.3, 0.4) is 0 Å². The van der Waals surface area contributed by atoms with Gasteiger partial charge in [-0.1, -0.05) is 23.6 Å². The number of carbonyl (C=O) groups excluding carboxylic acids is 1. The Hall–Kier alpha value is -2.52. The maximum Gasteiger partial charge on any atom is 0.229 e. The summed E-state index contributed by atoms with van der Waals surface area (Å²) in [7, 11) is 0. The summed E-state index contributed by atoms with van der Waals surface area (Å²) in [6.07, 6.45) is 6.83. The molecule has 2 heterocycles. The number of terminal acetylenes is 1. The average molecular weight is 303 g/mol. The molecular formula is C14H11ClN4O2. The van der Waals surface area contributed by atoms with Gasteiger partial charge in [-0.3, -0.25) is 10.1 Å². The number of carbonyl (C=O) groups is 1. The van der Waals surface area contributed by atoms with E-state index in [4.69, 9.17) is 22.8 Å². The first-order chi connectivity index (χ1) is 10.2. The van der Waals surface area contributed by atoms with Crippen molar-refractivity contribution in [2.24, 2.45) is 0 Å². The summed E-state index contributed by atoms with van der Waals surface area (Å²) in [4.78, 5) is 15.7. The standard InChI is InChI=1S/C14H11ClN4O2/c1-2-5-21-12-4-3-9(6-10(12)15)11-7-13(20)18-14-16-8-17-19(11)14/h1,3-4,6,8,11H,5,7H2,(H,16,17,18,20). The van der Waals surface area contributed by atoms with Crippen molar-refractivity contribution in [3.63, 3.8) is 0 Å². The predicted octanol–water partition coefficient (Wildman–Crippen LogP) is 1.88. The van der Waals surface area contributed by atoms with Gasteiger partial charge in [-0.2, -0.15) is 10.1 Å². The molecule has 106 valence electrons. The van der Waals surface area contributed by atoms with E-state index in [0.29, 0.717) is 16.7 Å². The number of aromatic nitrogens is 3. The molecule has 1 aliphatic rings. The van der Waals surface area contributed by atoms with E-state index in [1.807, 2.05) is 6.07 Å². The number of nitrogens with zero attached hydrogens (tertiary/aromatic N) is 3. The molecule has 1 aromatic carbocycles. The van der Waals surface area contributed by atoms with Crippen molar-refractivity contribution in [2.45, 2.75) is 12.5 Å². The van der Waals surface area contributed by atoms with E-state index in [9.17, 15) is 4.79 Å². The molecule has 0 spiro atoms. The molecule has 1 unspecified atom stereocenters. The van der Waals surface area contributed by atoms with Crippen LogP contribution < -0.4 is 10.1 Å². The lowest BCUT2D eigenvalue weighted by Gasteiger charge is -2.24. The fourth-order valence-corrected chi connectivity index (χ4v) is 2.47. The van der Waals surface area contributed by atoms with Crippen molar-refractivity contribution in [3.8, 4) is 18.1 Å². The fraction of sp³-hybridized carbons (Fsp3) is 0.214.